The molecule has 4 nitrogen and oxygen atoms in total. The highest BCUT2D eigenvalue weighted by Crippen LogP contribution is 2.24. The molecule has 0 amide bonds. The van der Waals surface area contributed by atoms with Gasteiger partial charge in [-0.3, -0.25) is 0 Å². The van der Waals surface area contributed by atoms with E-state index < -0.39 is 9.84 Å². The minimum Gasteiger partial charge on any atom is -0.304 e. The van der Waals surface area contributed by atoms with Crippen LogP contribution in [0.3, 0.4) is 0 Å². The maximum Gasteiger partial charge on any atom is 0.173 e. The fourth-order valence-electron chi connectivity index (χ4n) is 2.05. The first-order valence-electron chi connectivity index (χ1n) is 6.36. The minimum absolute atomic E-state index is 0.0992. The van der Waals surface area contributed by atoms with Crippen molar-refractivity contribution in [3.63, 3.8) is 0 Å². The lowest BCUT2D eigenvalue weighted by Crippen LogP contribution is -2.29. The van der Waals surface area contributed by atoms with Gasteiger partial charge in [0.15, 0.2) is 9.84 Å². The van der Waals surface area contributed by atoms with Crippen LogP contribution < -0.4 is 5.32 Å². The molecule has 1 N–H and O–H groups in total. The van der Waals surface area contributed by atoms with Crippen molar-refractivity contribution in [2.24, 2.45) is 0 Å². The molecule has 1 aliphatic rings. The SMILES string of the molecule is O=S1(=O)C=CC(NCc2csc(-c3ccc(F)cc3)n2)C1. The Hall–Kier alpha value is -1.57. The van der Waals surface area contributed by atoms with Gasteiger partial charge in [-0.1, -0.05) is 6.08 Å². The highest BCUT2D eigenvalue weighted by atomic mass is 32.2. The van der Waals surface area contributed by atoms with Gasteiger partial charge in [0.2, 0.25) is 0 Å². The Morgan fingerprint density at radius 3 is 2.76 bits per heavy atom. The lowest BCUT2D eigenvalue weighted by Gasteiger charge is -2.07. The predicted molar refractivity (Wildman–Crippen MR) is 81.1 cm³/mol. The number of halogens is 1. The summed E-state index contributed by atoms with van der Waals surface area (Å²) in [7, 11) is -3.04. The van der Waals surface area contributed by atoms with Gasteiger partial charge >= 0.3 is 0 Å². The number of hydrogen-bond donors (Lipinski definition) is 1. The lowest BCUT2D eigenvalue weighted by molar-refractivity contribution is 0.588. The van der Waals surface area contributed by atoms with Gasteiger partial charge in [-0.2, -0.15) is 0 Å². The number of nitrogens with zero attached hydrogens (tertiary/aromatic N) is 1. The molecule has 7 heteroatoms. The number of aromatic nitrogens is 1. The van der Waals surface area contributed by atoms with Crippen molar-refractivity contribution in [3.05, 3.63) is 52.6 Å². The lowest BCUT2D eigenvalue weighted by atomic mass is 10.2. The van der Waals surface area contributed by atoms with E-state index in [1.165, 1.54) is 28.9 Å². The molecule has 0 radical (unpaired) electrons. The smallest absolute Gasteiger partial charge is 0.173 e. The minimum atomic E-state index is -3.04. The van der Waals surface area contributed by atoms with Crippen LogP contribution in [0.25, 0.3) is 10.6 Å². The standard InChI is InChI=1S/C14H13FN2O2S2/c15-11-3-1-10(2-4-11)14-17-13(8-20-14)7-16-12-5-6-21(18,19)9-12/h1-6,8,12,16H,7,9H2. The number of benzene rings is 1. The van der Waals surface area contributed by atoms with Crippen molar-refractivity contribution in [1.82, 2.24) is 10.3 Å². The van der Waals surface area contributed by atoms with Gasteiger partial charge in [0.05, 0.1) is 11.4 Å². The highest BCUT2D eigenvalue weighted by molar-refractivity contribution is 7.94. The van der Waals surface area contributed by atoms with Crippen molar-refractivity contribution in [1.29, 1.82) is 0 Å². The van der Waals surface area contributed by atoms with Crippen molar-refractivity contribution in [3.8, 4) is 10.6 Å². The number of hydrogen-bond acceptors (Lipinski definition) is 5. The molecule has 0 aliphatic carbocycles. The molecule has 0 fully saturated rings. The van der Waals surface area contributed by atoms with E-state index in [-0.39, 0.29) is 17.6 Å². The summed E-state index contributed by atoms with van der Waals surface area (Å²) >= 11 is 1.48. The fourth-order valence-corrected chi connectivity index (χ4v) is 4.15. The zero-order valence-corrected chi connectivity index (χ0v) is 12.6. The summed E-state index contributed by atoms with van der Waals surface area (Å²) in [5.41, 5.74) is 1.72. The van der Waals surface area contributed by atoms with Crippen molar-refractivity contribution in [2.45, 2.75) is 12.6 Å². The topological polar surface area (TPSA) is 59.1 Å². The summed E-state index contributed by atoms with van der Waals surface area (Å²) in [5.74, 6) is -0.173. The third-order valence-electron chi connectivity index (χ3n) is 3.12. The third-order valence-corrected chi connectivity index (χ3v) is 5.45. The predicted octanol–water partition coefficient (Wildman–Crippen LogP) is 2.35. The van der Waals surface area contributed by atoms with Gasteiger partial charge in [-0.25, -0.2) is 17.8 Å². The molecular weight excluding hydrogens is 311 g/mol. The van der Waals surface area contributed by atoms with Crippen LogP contribution in [0.5, 0.6) is 0 Å². The molecular formula is C14H13FN2O2S2. The van der Waals surface area contributed by atoms with Crippen LogP contribution in [0.2, 0.25) is 0 Å². The Labute approximate surface area is 126 Å². The average molecular weight is 324 g/mol. The van der Waals surface area contributed by atoms with Gasteiger partial charge in [0.25, 0.3) is 0 Å². The molecule has 2 aromatic rings. The van der Waals surface area contributed by atoms with Gasteiger partial charge in [-0.05, 0) is 24.3 Å². The highest BCUT2D eigenvalue weighted by Gasteiger charge is 2.21. The van der Waals surface area contributed by atoms with Crippen LogP contribution in [0, 0.1) is 5.82 Å². The monoisotopic (exact) mass is 324 g/mol. The molecule has 0 saturated carbocycles. The molecule has 110 valence electrons. The Bertz CT molecular complexity index is 767. The second-order valence-corrected chi connectivity index (χ2v) is 7.59. The maximum absolute atomic E-state index is 12.9. The number of rotatable bonds is 4. The zero-order valence-electron chi connectivity index (χ0n) is 11.0. The van der Waals surface area contributed by atoms with Crippen LogP contribution in [0.1, 0.15) is 5.69 Å². The van der Waals surface area contributed by atoms with E-state index in [1.807, 2.05) is 5.38 Å². The Morgan fingerprint density at radius 2 is 2.10 bits per heavy atom. The molecule has 1 aromatic heterocycles. The first-order valence-corrected chi connectivity index (χ1v) is 8.96. The summed E-state index contributed by atoms with van der Waals surface area (Å²) < 4.78 is 35.5. The van der Waals surface area contributed by atoms with Gasteiger partial charge in [0, 0.05) is 28.9 Å². The Balaban J connectivity index is 1.63. The second-order valence-electron chi connectivity index (χ2n) is 4.80. The summed E-state index contributed by atoms with van der Waals surface area (Å²) in [5, 5.41) is 7.13. The summed E-state index contributed by atoms with van der Waals surface area (Å²) in [6.45, 7) is 0.502. The van der Waals surface area contributed by atoms with E-state index in [1.54, 1.807) is 18.2 Å². The molecule has 3 rings (SSSR count). The van der Waals surface area contributed by atoms with Crippen LogP contribution in [-0.2, 0) is 16.4 Å². The third kappa shape index (κ3) is 3.55. The molecule has 0 bridgehead atoms. The van der Waals surface area contributed by atoms with E-state index in [0.717, 1.165) is 16.3 Å². The summed E-state index contributed by atoms with van der Waals surface area (Å²) in [6, 6.07) is 6.03. The zero-order chi connectivity index (χ0) is 14.9. The van der Waals surface area contributed by atoms with E-state index in [4.69, 9.17) is 0 Å². The number of nitrogens with one attached hydrogen (secondary N) is 1. The molecule has 1 atom stereocenters. The van der Waals surface area contributed by atoms with Gasteiger partial charge in [-0.15, -0.1) is 11.3 Å². The first-order chi connectivity index (χ1) is 10.0. The van der Waals surface area contributed by atoms with E-state index >= 15 is 0 Å². The van der Waals surface area contributed by atoms with Crippen LogP contribution in [-0.4, -0.2) is 25.2 Å². The van der Waals surface area contributed by atoms with E-state index in [2.05, 4.69) is 10.3 Å². The fraction of sp³-hybridized carbons (Fsp3) is 0.214. The maximum atomic E-state index is 12.9. The van der Waals surface area contributed by atoms with Crippen molar-refractivity contribution >= 4 is 21.2 Å². The van der Waals surface area contributed by atoms with Crippen LogP contribution in [0.4, 0.5) is 4.39 Å². The number of thiazole rings is 1. The van der Waals surface area contributed by atoms with Crippen LogP contribution in [0.15, 0.2) is 41.1 Å². The van der Waals surface area contributed by atoms with Gasteiger partial charge in [0.1, 0.15) is 10.8 Å². The Morgan fingerprint density at radius 1 is 1.33 bits per heavy atom. The Kier molecular flexibility index (Phi) is 3.88. The second kappa shape index (κ2) is 5.67. The summed E-state index contributed by atoms with van der Waals surface area (Å²) in [4.78, 5) is 4.47. The quantitative estimate of drug-likeness (QED) is 0.938. The first kappa shape index (κ1) is 14.4. The molecule has 1 aromatic carbocycles. The molecule has 1 unspecified atom stereocenters. The molecule has 0 spiro atoms. The van der Waals surface area contributed by atoms with Crippen LogP contribution >= 0.6 is 11.3 Å². The largest absolute Gasteiger partial charge is 0.304 e. The van der Waals surface area contributed by atoms with E-state index in [9.17, 15) is 12.8 Å². The molecule has 21 heavy (non-hydrogen) atoms. The van der Waals surface area contributed by atoms with Gasteiger partial charge < -0.3 is 5.32 Å². The average Bonchev–Trinajstić information content (AvgIpc) is 3.04. The normalized spacial score (nSPS) is 20.0. The van der Waals surface area contributed by atoms with E-state index in [0.29, 0.717) is 6.54 Å². The van der Waals surface area contributed by atoms with Crippen molar-refractivity contribution in [2.75, 3.05) is 5.75 Å². The molecule has 1 aliphatic heterocycles. The molecule has 2 heterocycles. The molecule has 0 saturated heterocycles. The van der Waals surface area contributed by atoms with Crippen molar-refractivity contribution < 1.29 is 12.8 Å². The number of sulfone groups is 1. The summed E-state index contributed by atoms with van der Waals surface area (Å²) in [6.07, 6.45) is 1.66.